The number of aromatic nitrogens is 2. The van der Waals surface area contributed by atoms with E-state index in [4.69, 9.17) is 35.7 Å². The van der Waals surface area contributed by atoms with E-state index in [9.17, 15) is 30.7 Å². The number of anilines is 2. The van der Waals surface area contributed by atoms with Crippen LogP contribution in [0.5, 0.6) is 5.75 Å². The van der Waals surface area contributed by atoms with Crippen LogP contribution in [0.1, 0.15) is 18.3 Å². The number of carboxylic acids is 2. The summed E-state index contributed by atoms with van der Waals surface area (Å²) in [6.45, 7) is 2.67. The molecule has 0 fully saturated rings. The van der Waals surface area contributed by atoms with Gasteiger partial charge in [-0.25, -0.2) is 19.0 Å². The largest absolute Gasteiger partial charge is 0.494 e. The summed E-state index contributed by atoms with van der Waals surface area (Å²) in [5.74, 6) is -4.65. The summed E-state index contributed by atoms with van der Waals surface area (Å²) >= 11 is 0. The summed E-state index contributed by atoms with van der Waals surface area (Å²) in [4.78, 5) is 27.4. The van der Waals surface area contributed by atoms with Gasteiger partial charge in [0.25, 0.3) is 0 Å². The Kier molecular flexibility index (Phi) is 12.7. The maximum absolute atomic E-state index is 14.9. The number of ether oxygens (including phenoxy) is 1. The number of hydrogen-bond donors (Lipinski definition) is 5. The van der Waals surface area contributed by atoms with Crippen LogP contribution in [0.15, 0.2) is 79.0 Å². The first-order valence-electron chi connectivity index (χ1n) is 12.8. The molecule has 3 aromatic carbocycles. The minimum absolute atomic E-state index is 0.0221. The Morgan fingerprint density at radius 2 is 1.48 bits per heavy atom. The first-order valence-corrected chi connectivity index (χ1v) is 12.8. The summed E-state index contributed by atoms with van der Waals surface area (Å²) in [7, 11) is 0. The van der Waals surface area contributed by atoms with Gasteiger partial charge in [-0.15, -0.1) is 0 Å². The van der Waals surface area contributed by atoms with Crippen LogP contribution in [-0.4, -0.2) is 56.9 Å². The number of alkyl halides is 6. The lowest BCUT2D eigenvalue weighted by atomic mass is 10.1. The maximum Gasteiger partial charge on any atom is 0.490 e. The molecule has 246 valence electrons. The van der Waals surface area contributed by atoms with Gasteiger partial charge in [0.2, 0.25) is 0 Å². The number of imidazole rings is 1. The van der Waals surface area contributed by atoms with E-state index in [-0.39, 0.29) is 11.7 Å². The number of nitrogens with zero attached hydrogens (tertiary/aromatic N) is 2. The van der Waals surface area contributed by atoms with Gasteiger partial charge in [0.15, 0.2) is 0 Å². The van der Waals surface area contributed by atoms with E-state index in [2.05, 4.69) is 9.97 Å². The third-order valence-electron chi connectivity index (χ3n) is 5.52. The van der Waals surface area contributed by atoms with Crippen molar-refractivity contribution in [3.8, 4) is 17.0 Å². The molecule has 0 aliphatic carbocycles. The molecule has 1 heterocycles. The Labute approximate surface area is 256 Å². The number of halogens is 7. The monoisotopic (exact) mass is 657 g/mol. The van der Waals surface area contributed by atoms with Crippen molar-refractivity contribution in [3.63, 3.8) is 0 Å². The van der Waals surface area contributed by atoms with Gasteiger partial charge in [-0.3, -0.25) is 5.41 Å². The lowest BCUT2D eigenvalue weighted by Gasteiger charge is -2.25. The molecule has 0 aliphatic heterocycles. The number of nitrogens with one attached hydrogen (secondary N) is 2. The van der Waals surface area contributed by atoms with Crippen molar-refractivity contribution in [1.82, 2.24) is 9.97 Å². The fraction of sp³-hybridized carbons (Fsp3) is 0.172. The molecule has 0 unspecified atom stereocenters. The molecule has 0 aliphatic rings. The van der Waals surface area contributed by atoms with E-state index in [1.165, 1.54) is 6.07 Å². The minimum Gasteiger partial charge on any atom is -0.494 e. The van der Waals surface area contributed by atoms with Crippen LogP contribution in [-0.2, 0) is 16.1 Å². The zero-order valence-electron chi connectivity index (χ0n) is 23.7. The number of benzene rings is 3. The average molecular weight is 658 g/mol. The number of aromatic amines is 1. The minimum atomic E-state index is -5.08. The third-order valence-corrected chi connectivity index (χ3v) is 5.52. The second kappa shape index (κ2) is 15.9. The Hall–Kier alpha value is -5.61. The molecular weight excluding hydrogens is 631 g/mol. The first kappa shape index (κ1) is 36.6. The normalized spacial score (nSPS) is 10.9. The molecule has 4 rings (SSSR count). The summed E-state index contributed by atoms with van der Waals surface area (Å²) in [6, 6.07) is 21.7. The van der Waals surface area contributed by atoms with Gasteiger partial charge in [-0.05, 0) is 48.9 Å². The van der Waals surface area contributed by atoms with Gasteiger partial charge in [-0.1, -0.05) is 30.3 Å². The predicted octanol–water partition coefficient (Wildman–Crippen LogP) is 6.50. The fourth-order valence-corrected chi connectivity index (χ4v) is 3.45. The van der Waals surface area contributed by atoms with Crippen molar-refractivity contribution >= 4 is 29.1 Å². The Balaban J connectivity index is 0.000000440. The fourth-order valence-electron chi connectivity index (χ4n) is 3.45. The van der Waals surface area contributed by atoms with E-state index < -0.39 is 24.3 Å². The predicted molar refractivity (Wildman–Crippen MR) is 152 cm³/mol. The number of nitrogen functional groups attached to an aromatic ring is 1. The molecule has 1 aromatic heterocycles. The van der Waals surface area contributed by atoms with Crippen molar-refractivity contribution in [2.24, 2.45) is 5.73 Å². The van der Waals surface area contributed by atoms with E-state index in [1.807, 2.05) is 54.3 Å². The Bertz CT molecular complexity index is 1590. The summed E-state index contributed by atoms with van der Waals surface area (Å²) in [5, 5.41) is 21.9. The smallest absolute Gasteiger partial charge is 0.490 e. The first-order chi connectivity index (χ1) is 21.4. The summed E-state index contributed by atoms with van der Waals surface area (Å²) in [5.41, 5.74) is 9.19. The van der Waals surface area contributed by atoms with Crippen molar-refractivity contribution in [1.29, 1.82) is 5.41 Å². The van der Waals surface area contributed by atoms with Crippen LogP contribution in [0.25, 0.3) is 11.3 Å². The number of carboxylic acid groups (broad SMARTS) is 2. The quantitative estimate of drug-likeness (QED) is 0.0814. The zero-order chi connectivity index (χ0) is 34.7. The van der Waals surface area contributed by atoms with E-state index in [1.54, 1.807) is 30.5 Å². The number of aliphatic carboxylic acids is 2. The molecule has 0 spiro atoms. The lowest BCUT2D eigenvalue weighted by molar-refractivity contribution is -0.193. The van der Waals surface area contributed by atoms with E-state index >= 15 is 0 Å². The Morgan fingerprint density at radius 1 is 0.935 bits per heavy atom. The SMILES string of the molecule is CCOc1ccc(F)c(N(Cc2ncc(-c3ccccc3)[nH]2)c2ccc(C(=N)N)cc2)c1.O=C(O)C(F)(F)F.O=C(O)C(F)(F)F. The topological polar surface area (TPSA) is 166 Å². The highest BCUT2D eigenvalue weighted by molar-refractivity contribution is 5.95. The standard InChI is InChI=1S/C25H24FN5O.2C2HF3O2/c1-2-32-20-12-13-21(26)23(14-20)31(19-10-8-18(9-11-19)25(27)28)16-24-29-15-22(30-24)17-6-4-3-5-7-17;2*3-2(4,5)1(6)7/h3-15H,2,16H2,1H3,(H3,27,28)(H,29,30);2*(H,6,7). The molecule has 0 saturated carbocycles. The van der Waals surface area contributed by atoms with Gasteiger partial charge in [0, 0.05) is 17.3 Å². The molecule has 0 radical (unpaired) electrons. The number of carbonyl (C=O) groups is 2. The molecule has 6 N–H and O–H groups in total. The molecule has 10 nitrogen and oxygen atoms in total. The molecule has 17 heteroatoms. The molecule has 0 bridgehead atoms. The van der Waals surface area contributed by atoms with Gasteiger partial charge >= 0.3 is 24.3 Å². The molecular formula is C29H26F7N5O5. The highest BCUT2D eigenvalue weighted by atomic mass is 19.4. The van der Waals surface area contributed by atoms with Crippen LogP contribution in [0.2, 0.25) is 0 Å². The Morgan fingerprint density at radius 3 is 1.96 bits per heavy atom. The van der Waals surface area contributed by atoms with E-state index in [0.29, 0.717) is 36.0 Å². The molecule has 0 atom stereocenters. The van der Waals surface area contributed by atoms with Crippen LogP contribution < -0.4 is 15.4 Å². The third kappa shape index (κ3) is 11.1. The average Bonchev–Trinajstić information content (AvgIpc) is 3.46. The van der Waals surface area contributed by atoms with Crippen LogP contribution in [0, 0.1) is 11.2 Å². The number of hydrogen-bond acceptors (Lipinski definition) is 6. The molecule has 46 heavy (non-hydrogen) atoms. The second-order valence-corrected chi connectivity index (χ2v) is 8.81. The molecule has 4 aromatic rings. The second-order valence-electron chi connectivity index (χ2n) is 8.81. The number of H-pyrrole nitrogens is 1. The highest BCUT2D eigenvalue weighted by Gasteiger charge is 2.38. The molecule has 0 saturated heterocycles. The van der Waals surface area contributed by atoms with Gasteiger partial charge < -0.3 is 30.6 Å². The lowest BCUT2D eigenvalue weighted by Crippen LogP contribution is -2.21. The molecule has 0 amide bonds. The highest BCUT2D eigenvalue weighted by Crippen LogP contribution is 2.33. The van der Waals surface area contributed by atoms with Crippen molar-refractivity contribution in [3.05, 3.63) is 96.2 Å². The van der Waals surface area contributed by atoms with Crippen LogP contribution in [0.3, 0.4) is 0 Å². The van der Waals surface area contributed by atoms with Gasteiger partial charge in [0.05, 0.1) is 30.7 Å². The summed E-state index contributed by atoms with van der Waals surface area (Å²) in [6.07, 6.45) is -8.39. The van der Waals surface area contributed by atoms with Crippen LogP contribution in [0.4, 0.5) is 42.1 Å². The van der Waals surface area contributed by atoms with Crippen LogP contribution >= 0.6 is 0 Å². The zero-order valence-corrected chi connectivity index (χ0v) is 23.7. The summed E-state index contributed by atoms with van der Waals surface area (Å²) < 4.78 is 84.0. The van der Waals surface area contributed by atoms with Gasteiger partial charge in [-0.2, -0.15) is 26.3 Å². The number of rotatable bonds is 8. The van der Waals surface area contributed by atoms with E-state index in [0.717, 1.165) is 16.9 Å². The van der Waals surface area contributed by atoms with Crippen molar-refractivity contribution < 1.29 is 55.3 Å². The maximum atomic E-state index is 14.9. The number of amidine groups is 1. The van der Waals surface area contributed by atoms with Gasteiger partial charge in [0.1, 0.15) is 23.2 Å². The van der Waals surface area contributed by atoms with Crippen molar-refractivity contribution in [2.45, 2.75) is 25.8 Å². The van der Waals surface area contributed by atoms with Crippen molar-refractivity contribution in [2.75, 3.05) is 11.5 Å². The number of nitrogens with two attached hydrogens (primary N) is 1.